The molecule has 3 rings (SSSR count). The van der Waals surface area contributed by atoms with Crippen LogP contribution in [0.3, 0.4) is 0 Å². The second-order valence-electron chi connectivity index (χ2n) is 9.49. The molecule has 12 heteroatoms. The number of benzene rings is 3. The number of hydrogen-bond donors (Lipinski definition) is 1. The van der Waals surface area contributed by atoms with E-state index in [4.69, 9.17) is 4.74 Å². The first-order valence-corrected chi connectivity index (χ1v) is 14.8. The number of carbonyl (C=O) groups is 2. The zero-order valence-electron chi connectivity index (χ0n) is 23.4. The van der Waals surface area contributed by atoms with Crippen LogP contribution in [-0.2, 0) is 32.6 Å². The van der Waals surface area contributed by atoms with E-state index < -0.39 is 39.3 Å². The molecule has 218 valence electrons. The highest BCUT2D eigenvalue weighted by Crippen LogP contribution is 2.34. The second-order valence-corrected chi connectivity index (χ2v) is 11.4. The minimum Gasteiger partial charge on any atom is -0.495 e. The fourth-order valence-electron chi connectivity index (χ4n) is 4.32. The van der Waals surface area contributed by atoms with Gasteiger partial charge in [-0.3, -0.25) is 24.0 Å². The lowest BCUT2D eigenvalue weighted by molar-refractivity contribution is -0.384. The summed E-state index contributed by atoms with van der Waals surface area (Å²) in [6.07, 6.45) is 1.08. The molecule has 0 aliphatic carbocycles. The Morgan fingerprint density at radius 3 is 2.24 bits per heavy atom. The molecular weight excluding hydrogens is 548 g/mol. The lowest BCUT2D eigenvalue weighted by Crippen LogP contribution is -2.53. The van der Waals surface area contributed by atoms with E-state index in [0.29, 0.717) is 6.54 Å². The Labute approximate surface area is 239 Å². The number of non-ortho nitro benzene ring substituents is 1. The minimum atomic E-state index is -4.13. The Balaban J connectivity index is 2.10. The number of likely N-dealkylation sites (N-methyl/N-ethyl adjacent to an activating group) is 1. The molecule has 0 saturated heterocycles. The highest BCUT2D eigenvalue weighted by atomic mass is 32.2. The predicted molar refractivity (Wildman–Crippen MR) is 156 cm³/mol. The molecule has 0 saturated carbocycles. The maximum Gasteiger partial charge on any atom is 0.271 e. The van der Waals surface area contributed by atoms with Crippen LogP contribution in [-0.4, -0.2) is 62.6 Å². The summed E-state index contributed by atoms with van der Waals surface area (Å²) in [4.78, 5) is 39.6. The number of carbonyl (C=O) groups excluding carboxylic acids is 2. The standard InChI is InChI=1S/C29H34N4O7S/c1-5-30-29(35)26(17-22-9-7-6-8-10-22)31(19-23-13-11-21(2)12-14-23)28(34)20-32(41(4,38)39)25-18-24(33(36)37)15-16-27(25)40-3/h6-16,18,26H,5,17,19-20H2,1-4H3,(H,30,35). The fraction of sp³-hybridized carbons (Fsp3) is 0.310. The third kappa shape index (κ3) is 8.27. The van der Waals surface area contributed by atoms with Crippen LogP contribution in [0.15, 0.2) is 72.8 Å². The van der Waals surface area contributed by atoms with Crippen molar-refractivity contribution in [2.24, 2.45) is 0 Å². The number of ether oxygens (including phenoxy) is 1. The van der Waals surface area contributed by atoms with E-state index in [1.807, 2.05) is 61.5 Å². The number of aryl methyl sites for hydroxylation is 1. The van der Waals surface area contributed by atoms with E-state index in [0.717, 1.165) is 33.3 Å². The molecule has 0 aromatic heterocycles. The van der Waals surface area contributed by atoms with Gasteiger partial charge in [0.15, 0.2) is 0 Å². The van der Waals surface area contributed by atoms with Crippen molar-refractivity contribution in [3.63, 3.8) is 0 Å². The quantitative estimate of drug-likeness (QED) is 0.241. The number of hydrogen-bond acceptors (Lipinski definition) is 7. The monoisotopic (exact) mass is 582 g/mol. The molecule has 0 heterocycles. The van der Waals surface area contributed by atoms with E-state index >= 15 is 0 Å². The first kappa shape index (κ1) is 31.1. The van der Waals surface area contributed by atoms with Crippen molar-refractivity contribution < 1.29 is 27.7 Å². The maximum atomic E-state index is 14.1. The van der Waals surface area contributed by atoms with Gasteiger partial charge in [-0.25, -0.2) is 8.42 Å². The topological polar surface area (TPSA) is 139 Å². The van der Waals surface area contributed by atoms with E-state index in [1.165, 1.54) is 24.1 Å². The van der Waals surface area contributed by atoms with Crippen LogP contribution in [0.4, 0.5) is 11.4 Å². The molecule has 11 nitrogen and oxygen atoms in total. The molecule has 3 aromatic carbocycles. The van der Waals surface area contributed by atoms with Crippen molar-refractivity contribution in [2.45, 2.75) is 32.9 Å². The van der Waals surface area contributed by atoms with Gasteiger partial charge in [0, 0.05) is 31.6 Å². The lowest BCUT2D eigenvalue weighted by Gasteiger charge is -2.33. The summed E-state index contributed by atoms with van der Waals surface area (Å²) in [6, 6.07) is 19.2. The normalized spacial score (nSPS) is 11.8. The van der Waals surface area contributed by atoms with Crippen LogP contribution in [0.2, 0.25) is 0 Å². The van der Waals surface area contributed by atoms with Gasteiger partial charge in [-0.15, -0.1) is 0 Å². The Morgan fingerprint density at radius 2 is 1.68 bits per heavy atom. The van der Waals surface area contributed by atoms with Crippen LogP contribution in [0.1, 0.15) is 23.6 Å². The highest BCUT2D eigenvalue weighted by molar-refractivity contribution is 7.92. The number of nitrogens with zero attached hydrogens (tertiary/aromatic N) is 3. The number of rotatable bonds is 13. The molecule has 0 aliphatic rings. The zero-order valence-corrected chi connectivity index (χ0v) is 24.3. The first-order chi connectivity index (χ1) is 19.4. The number of anilines is 1. The van der Waals surface area contributed by atoms with E-state index in [9.17, 15) is 28.1 Å². The lowest BCUT2D eigenvalue weighted by atomic mass is 10.0. The average Bonchev–Trinajstić information content (AvgIpc) is 2.94. The van der Waals surface area contributed by atoms with Crippen LogP contribution >= 0.6 is 0 Å². The smallest absolute Gasteiger partial charge is 0.271 e. The Hall–Kier alpha value is -4.45. The third-order valence-corrected chi connectivity index (χ3v) is 7.54. The molecule has 3 aromatic rings. The first-order valence-electron chi connectivity index (χ1n) is 12.9. The fourth-order valence-corrected chi connectivity index (χ4v) is 5.16. The minimum absolute atomic E-state index is 0.0252. The summed E-state index contributed by atoms with van der Waals surface area (Å²) >= 11 is 0. The predicted octanol–water partition coefficient (Wildman–Crippen LogP) is 3.45. The van der Waals surface area contributed by atoms with Crippen LogP contribution in [0, 0.1) is 17.0 Å². The number of sulfonamides is 1. The van der Waals surface area contributed by atoms with E-state index in [1.54, 1.807) is 6.92 Å². The van der Waals surface area contributed by atoms with Crippen molar-refractivity contribution in [1.29, 1.82) is 0 Å². The van der Waals surface area contributed by atoms with E-state index in [2.05, 4.69) is 5.32 Å². The summed E-state index contributed by atoms with van der Waals surface area (Å²) in [6.45, 7) is 3.33. The van der Waals surface area contributed by atoms with Crippen molar-refractivity contribution in [3.8, 4) is 5.75 Å². The number of methoxy groups -OCH3 is 1. The number of amides is 2. The van der Waals surface area contributed by atoms with Gasteiger partial charge in [0.2, 0.25) is 21.8 Å². The summed E-state index contributed by atoms with van der Waals surface area (Å²) in [5.41, 5.74) is 2.03. The molecule has 1 atom stereocenters. The Kier molecular flexibility index (Phi) is 10.4. The summed E-state index contributed by atoms with van der Waals surface area (Å²) in [5, 5.41) is 14.2. The molecule has 0 fully saturated rings. The van der Waals surface area contributed by atoms with Crippen molar-refractivity contribution in [2.75, 3.05) is 30.8 Å². The molecule has 0 spiro atoms. The largest absolute Gasteiger partial charge is 0.495 e. The number of nitrogens with one attached hydrogen (secondary N) is 1. The van der Waals surface area contributed by atoms with Gasteiger partial charge in [0.1, 0.15) is 24.0 Å². The molecule has 1 N–H and O–H groups in total. The van der Waals surface area contributed by atoms with Gasteiger partial charge in [-0.2, -0.15) is 0 Å². The number of nitro benzene ring substituents is 1. The average molecular weight is 583 g/mol. The molecule has 0 radical (unpaired) electrons. The molecule has 0 aliphatic heterocycles. The maximum absolute atomic E-state index is 14.1. The Bertz CT molecular complexity index is 1480. The number of nitro groups is 1. The van der Waals surface area contributed by atoms with Crippen LogP contribution in [0.25, 0.3) is 0 Å². The summed E-state index contributed by atoms with van der Waals surface area (Å²) in [7, 11) is -2.84. The third-order valence-electron chi connectivity index (χ3n) is 6.42. The van der Waals surface area contributed by atoms with Gasteiger partial charge >= 0.3 is 0 Å². The Morgan fingerprint density at radius 1 is 1.02 bits per heavy atom. The van der Waals surface area contributed by atoms with Crippen LogP contribution in [0.5, 0.6) is 5.75 Å². The van der Waals surface area contributed by atoms with Crippen LogP contribution < -0.4 is 14.4 Å². The summed E-state index contributed by atoms with van der Waals surface area (Å²) in [5.74, 6) is -1.03. The molecule has 2 amide bonds. The highest BCUT2D eigenvalue weighted by Gasteiger charge is 2.34. The molecule has 0 bridgehead atoms. The zero-order chi connectivity index (χ0) is 30.2. The SMILES string of the molecule is CCNC(=O)C(Cc1ccccc1)N(Cc1ccc(C)cc1)C(=O)CN(c1cc([N+](=O)[O-])ccc1OC)S(C)(=O)=O. The molecular formula is C29H34N4O7S. The van der Waals surface area contributed by atoms with Crippen molar-refractivity contribution in [3.05, 3.63) is 99.6 Å². The van der Waals surface area contributed by atoms with Gasteiger partial charge in [-0.05, 0) is 31.0 Å². The van der Waals surface area contributed by atoms with Gasteiger partial charge in [-0.1, -0.05) is 60.2 Å². The molecule has 41 heavy (non-hydrogen) atoms. The van der Waals surface area contributed by atoms with Gasteiger partial charge in [0.25, 0.3) is 5.69 Å². The summed E-state index contributed by atoms with van der Waals surface area (Å²) < 4.78 is 32.0. The van der Waals surface area contributed by atoms with Gasteiger partial charge < -0.3 is 15.0 Å². The van der Waals surface area contributed by atoms with E-state index in [-0.39, 0.29) is 30.1 Å². The van der Waals surface area contributed by atoms with Gasteiger partial charge in [0.05, 0.1) is 18.3 Å². The van der Waals surface area contributed by atoms with Crippen molar-refractivity contribution >= 4 is 33.2 Å². The second kappa shape index (κ2) is 13.8. The van der Waals surface area contributed by atoms with Crippen molar-refractivity contribution in [1.82, 2.24) is 10.2 Å². The molecule has 1 unspecified atom stereocenters.